The topological polar surface area (TPSA) is 119 Å². The Morgan fingerprint density at radius 1 is 1.13 bits per heavy atom. The van der Waals surface area contributed by atoms with Crippen LogP contribution in [0.2, 0.25) is 0 Å². The van der Waals surface area contributed by atoms with Crippen LogP contribution in [0, 0.1) is 10.1 Å². The van der Waals surface area contributed by atoms with Gasteiger partial charge in [-0.25, -0.2) is 13.4 Å². The third-order valence-corrected chi connectivity index (χ3v) is 6.38. The molecular weight excluding hydrogens is 438 g/mol. The molecule has 0 fully saturated rings. The van der Waals surface area contributed by atoms with Crippen LogP contribution in [0.25, 0.3) is 12.2 Å². The molecule has 0 saturated heterocycles. The van der Waals surface area contributed by atoms with Crippen molar-refractivity contribution in [3.8, 4) is 0 Å². The van der Waals surface area contributed by atoms with Crippen molar-refractivity contribution in [3.05, 3.63) is 80.3 Å². The second-order valence-electron chi connectivity index (χ2n) is 6.78. The van der Waals surface area contributed by atoms with Gasteiger partial charge in [-0.1, -0.05) is 18.2 Å². The van der Waals surface area contributed by atoms with Crippen LogP contribution in [0.4, 0.5) is 10.8 Å². The third-order valence-electron chi connectivity index (χ3n) is 4.26. The Balaban J connectivity index is 1.87. The molecule has 31 heavy (non-hydrogen) atoms. The summed E-state index contributed by atoms with van der Waals surface area (Å²) in [6.07, 6.45) is 5.23. The Kier molecular flexibility index (Phi) is 6.62. The number of nitro groups is 1. The van der Waals surface area contributed by atoms with Crippen molar-refractivity contribution in [2.24, 2.45) is 0 Å². The van der Waals surface area contributed by atoms with Gasteiger partial charge in [0.25, 0.3) is 5.69 Å². The molecule has 0 spiro atoms. The summed E-state index contributed by atoms with van der Waals surface area (Å²) in [6.45, 7) is 1.40. The summed E-state index contributed by atoms with van der Waals surface area (Å²) in [5.41, 5.74) is 2.33. The number of hydrogen-bond donors (Lipinski definition) is 1. The van der Waals surface area contributed by atoms with Gasteiger partial charge in [-0.2, -0.15) is 0 Å². The summed E-state index contributed by atoms with van der Waals surface area (Å²) in [5.74, 6) is -0.233. The fourth-order valence-electron chi connectivity index (χ4n) is 2.75. The Morgan fingerprint density at radius 2 is 1.77 bits per heavy atom. The van der Waals surface area contributed by atoms with Gasteiger partial charge in [-0.15, -0.1) is 11.3 Å². The largest absolute Gasteiger partial charge is 0.302 e. The summed E-state index contributed by atoms with van der Waals surface area (Å²) < 4.78 is 23.3. The number of carbonyl (C=O) groups excluding carboxylic acids is 1. The Morgan fingerprint density at radius 3 is 2.32 bits per heavy atom. The lowest BCUT2D eigenvalue weighted by Gasteiger charge is -2.02. The van der Waals surface area contributed by atoms with Crippen LogP contribution in [0.3, 0.4) is 0 Å². The summed E-state index contributed by atoms with van der Waals surface area (Å²) in [6, 6.07) is 12.7. The minimum absolute atomic E-state index is 0.0111. The van der Waals surface area contributed by atoms with E-state index in [1.165, 1.54) is 30.4 Å². The number of amides is 1. The average Bonchev–Trinajstić information content (AvgIpc) is 3.06. The van der Waals surface area contributed by atoms with E-state index >= 15 is 0 Å². The van der Waals surface area contributed by atoms with E-state index in [2.05, 4.69) is 10.3 Å². The van der Waals surface area contributed by atoms with Gasteiger partial charge in [0.05, 0.1) is 15.5 Å². The number of benzene rings is 2. The first-order valence-corrected chi connectivity index (χ1v) is 11.8. The molecule has 2 aromatic carbocycles. The highest BCUT2D eigenvalue weighted by molar-refractivity contribution is 7.90. The van der Waals surface area contributed by atoms with Gasteiger partial charge in [0.2, 0.25) is 5.91 Å². The van der Waals surface area contributed by atoms with Gasteiger partial charge in [0.15, 0.2) is 15.0 Å². The first-order chi connectivity index (χ1) is 14.6. The molecule has 1 amide bonds. The molecule has 0 unspecified atom stereocenters. The zero-order valence-electron chi connectivity index (χ0n) is 16.7. The van der Waals surface area contributed by atoms with Crippen molar-refractivity contribution in [1.29, 1.82) is 0 Å². The predicted octanol–water partition coefficient (Wildman–Crippen LogP) is 4.17. The highest BCUT2D eigenvalue weighted by atomic mass is 32.2. The average molecular weight is 458 g/mol. The van der Waals surface area contributed by atoms with Crippen molar-refractivity contribution in [1.82, 2.24) is 4.98 Å². The van der Waals surface area contributed by atoms with Crippen LogP contribution in [0.5, 0.6) is 0 Å². The van der Waals surface area contributed by atoms with E-state index in [9.17, 15) is 23.3 Å². The van der Waals surface area contributed by atoms with Crippen molar-refractivity contribution >= 4 is 50.1 Å². The SMILES string of the molecule is CC(=O)Nc1nc(/C=C/c2ccc([N+](=O)[O-])cc2)c(Cc2ccc(S(C)(=O)=O)cc2)s1. The number of nitrogens with zero attached hydrogens (tertiary/aromatic N) is 2. The van der Waals surface area contributed by atoms with Gasteiger partial charge in [-0.05, 0) is 41.5 Å². The lowest BCUT2D eigenvalue weighted by atomic mass is 10.1. The lowest BCUT2D eigenvalue weighted by molar-refractivity contribution is -0.384. The van der Waals surface area contributed by atoms with Crippen LogP contribution >= 0.6 is 11.3 Å². The summed E-state index contributed by atoms with van der Waals surface area (Å²) in [7, 11) is -3.27. The fraction of sp³-hybridized carbons (Fsp3) is 0.143. The molecule has 0 aliphatic carbocycles. The maximum Gasteiger partial charge on any atom is 0.269 e. The molecule has 0 bridgehead atoms. The van der Waals surface area contributed by atoms with E-state index in [1.54, 1.807) is 48.6 Å². The minimum Gasteiger partial charge on any atom is -0.302 e. The predicted molar refractivity (Wildman–Crippen MR) is 121 cm³/mol. The molecular formula is C21H19N3O5S2. The van der Waals surface area contributed by atoms with Crippen LogP contribution in [0.15, 0.2) is 53.4 Å². The fourth-order valence-corrected chi connectivity index (χ4v) is 4.41. The molecule has 0 aliphatic heterocycles. The lowest BCUT2D eigenvalue weighted by Crippen LogP contribution is -2.04. The standard InChI is InChI=1S/C21H19N3O5S2/c1-14(25)22-21-23-19(12-7-15-3-8-17(9-4-15)24(26)27)20(30-21)13-16-5-10-18(11-6-16)31(2,28)29/h3-12H,13H2,1-2H3,(H,22,23,25)/b12-7+. The van der Waals surface area contributed by atoms with E-state index in [1.807, 2.05) is 0 Å². The number of rotatable bonds is 7. The second-order valence-corrected chi connectivity index (χ2v) is 9.88. The van der Waals surface area contributed by atoms with Crippen molar-refractivity contribution in [2.75, 3.05) is 11.6 Å². The first-order valence-electron chi connectivity index (χ1n) is 9.10. The number of nitrogens with one attached hydrogen (secondary N) is 1. The Labute approximate surface area is 183 Å². The van der Waals surface area contributed by atoms with Gasteiger partial charge < -0.3 is 5.32 Å². The molecule has 1 aromatic heterocycles. The second kappa shape index (κ2) is 9.19. The molecule has 0 atom stereocenters. The number of nitro benzene ring substituents is 1. The van der Waals surface area contributed by atoms with Crippen LogP contribution in [-0.2, 0) is 21.1 Å². The van der Waals surface area contributed by atoms with Crippen LogP contribution in [-0.4, -0.2) is 30.5 Å². The number of anilines is 1. The highest BCUT2D eigenvalue weighted by Gasteiger charge is 2.12. The summed E-state index contributed by atoms with van der Waals surface area (Å²) in [5, 5.41) is 13.9. The maximum absolute atomic E-state index is 11.6. The van der Waals surface area contributed by atoms with Gasteiger partial charge in [0, 0.05) is 36.6 Å². The summed E-state index contributed by atoms with van der Waals surface area (Å²) in [4.78, 5) is 27.3. The van der Waals surface area contributed by atoms with Crippen molar-refractivity contribution in [3.63, 3.8) is 0 Å². The van der Waals surface area contributed by atoms with Gasteiger partial charge in [-0.3, -0.25) is 14.9 Å². The Hall–Kier alpha value is -3.37. The minimum atomic E-state index is -3.27. The molecule has 10 heteroatoms. The van der Waals surface area contributed by atoms with E-state index in [0.717, 1.165) is 22.3 Å². The van der Waals surface area contributed by atoms with Crippen LogP contribution in [0.1, 0.15) is 28.6 Å². The van der Waals surface area contributed by atoms with Crippen molar-refractivity contribution in [2.45, 2.75) is 18.2 Å². The Bertz CT molecular complexity index is 1250. The highest BCUT2D eigenvalue weighted by Crippen LogP contribution is 2.28. The van der Waals surface area contributed by atoms with E-state index in [4.69, 9.17) is 0 Å². The number of non-ortho nitro benzene ring substituents is 1. The number of carbonyl (C=O) groups is 1. The van der Waals surface area contributed by atoms with E-state index in [-0.39, 0.29) is 16.5 Å². The molecule has 3 rings (SSSR count). The number of thiazole rings is 1. The zero-order chi connectivity index (χ0) is 22.6. The van der Waals surface area contributed by atoms with Crippen molar-refractivity contribution < 1.29 is 18.1 Å². The maximum atomic E-state index is 11.6. The smallest absolute Gasteiger partial charge is 0.269 e. The molecule has 0 radical (unpaired) electrons. The normalized spacial score (nSPS) is 11.5. The third kappa shape index (κ3) is 6.06. The van der Waals surface area contributed by atoms with E-state index in [0.29, 0.717) is 17.2 Å². The molecule has 160 valence electrons. The molecule has 0 saturated carbocycles. The molecule has 1 heterocycles. The number of hydrogen-bond acceptors (Lipinski definition) is 7. The first kappa shape index (κ1) is 22.3. The molecule has 3 aromatic rings. The molecule has 1 N–H and O–H groups in total. The zero-order valence-corrected chi connectivity index (χ0v) is 18.4. The summed E-state index contributed by atoms with van der Waals surface area (Å²) >= 11 is 1.33. The van der Waals surface area contributed by atoms with E-state index < -0.39 is 14.8 Å². The molecule has 8 nitrogen and oxygen atoms in total. The van der Waals surface area contributed by atoms with Gasteiger partial charge >= 0.3 is 0 Å². The van der Waals surface area contributed by atoms with Gasteiger partial charge in [0.1, 0.15) is 0 Å². The monoisotopic (exact) mass is 457 g/mol. The molecule has 0 aliphatic rings. The quantitative estimate of drug-likeness (QED) is 0.420. The number of aromatic nitrogens is 1. The number of sulfone groups is 1. The van der Waals surface area contributed by atoms with Crippen LogP contribution < -0.4 is 5.32 Å².